The van der Waals surface area contributed by atoms with Crippen molar-refractivity contribution in [1.82, 2.24) is 4.90 Å². The molecule has 2 unspecified atom stereocenters. The molecular formula is C15H21NO4. The first kappa shape index (κ1) is 14.8. The number of amides is 1. The molecule has 0 bridgehead atoms. The molecule has 20 heavy (non-hydrogen) atoms. The highest BCUT2D eigenvalue weighted by Gasteiger charge is 2.32. The molecule has 1 heterocycles. The van der Waals surface area contributed by atoms with E-state index in [0.717, 1.165) is 0 Å². The SMILES string of the molecule is CC(C)c1ccc(OCC(=O)N2CC(O)C(O)C2)cc1. The van der Waals surface area contributed by atoms with Crippen LogP contribution in [0, 0.1) is 0 Å². The quantitative estimate of drug-likeness (QED) is 0.853. The summed E-state index contributed by atoms with van der Waals surface area (Å²) in [6.07, 6.45) is -1.71. The van der Waals surface area contributed by atoms with Crippen LogP contribution < -0.4 is 4.74 Å². The summed E-state index contributed by atoms with van der Waals surface area (Å²) in [5, 5.41) is 18.8. The molecule has 1 aromatic rings. The first-order valence-corrected chi connectivity index (χ1v) is 6.84. The molecule has 0 aliphatic carbocycles. The average molecular weight is 279 g/mol. The van der Waals surface area contributed by atoms with Crippen LogP contribution in [-0.4, -0.2) is 52.9 Å². The summed E-state index contributed by atoms with van der Waals surface area (Å²) in [4.78, 5) is 13.3. The van der Waals surface area contributed by atoms with E-state index in [4.69, 9.17) is 4.74 Å². The summed E-state index contributed by atoms with van der Waals surface area (Å²) in [7, 11) is 0. The van der Waals surface area contributed by atoms with Crippen molar-refractivity contribution < 1.29 is 19.7 Å². The fraction of sp³-hybridized carbons (Fsp3) is 0.533. The van der Waals surface area contributed by atoms with Gasteiger partial charge in [0.15, 0.2) is 6.61 Å². The Morgan fingerprint density at radius 3 is 2.30 bits per heavy atom. The lowest BCUT2D eigenvalue weighted by atomic mass is 10.0. The second kappa shape index (κ2) is 6.24. The van der Waals surface area contributed by atoms with Gasteiger partial charge in [-0.2, -0.15) is 0 Å². The Labute approximate surface area is 118 Å². The van der Waals surface area contributed by atoms with Crippen molar-refractivity contribution in [2.75, 3.05) is 19.7 Å². The number of ether oxygens (including phenoxy) is 1. The number of nitrogens with zero attached hydrogens (tertiary/aromatic N) is 1. The van der Waals surface area contributed by atoms with Gasteiger partial charge in [-0.15, -0.1) is 0 Å². The topological polar surface area (TPSA) is 70.0 Å². The van der Waals surface area contributed by atoms with E-state index in [-0.39, 0.29) is 25.6 Å². The maximum Gasteiger partial charge on any atom is 0.260 e. The Balaban J connectivity index is 1.84. The number of hydrogen-bond acceptors (Lipinski definition) is 4. The molecule has 1 amide bonds. The van der Waals surface area contributed by atoms with Crippen molar-refractivity contribution in [3.05, 3.63) is 29.8 Å². The molecule has 2 N–H and O–H groups in total. The van der Waals surface area contributed by atoms with E-state index in [1.54, 1.807) is 0 Å². The van der Waals surface area contributed by atoms with Gasteiger partial charge in [0.2, 0.25) is 0 Å². The second-order valence-electron chi connectivity index (χ2n) is 5.45. The maximum absolute atomic E-state index is 11.9. The number of carbonyl (C=O) groups is 1. The molecule has 2 rings (SSSR count). The number of hydrogen-bond donors (Lipinski definition) is 2. The smallest absolute Gasteiger partial charge is 0.260 e. The van der Waals surface area contributed by atoms with E-state index in [2.05, 4.69) is 13.8 Å². The lowest BCUT2D eigenvalue weighted by molar-refractivity contribution is -0.132. The van der Waals surface area contributed by atoms with Crippen LogP contribution in [0.4, 0.5) is 0 Å². The highest BCUT2D eigenvalue weighted by Crippen LogP contribution is 2.19. The average Bonchev–Trinajstić information content (AvgIpc) is 2.76. The molecule has 1 fully saturated rings. The van der Waals surface area contributed by atoms with Gasteiger partial charge in [-0.25, -0.2) is 0 Å². The zero-order valence-corrected chi connectivity index (χ0v) is 11.8. The van der Waals surface area contributed by atoms with Crippen LogP contribution in [0.3, 0.4) is 0 Å². The fourth-order valence-electron chi connectivity index (χ4n) is 2.16. The summed E-state index contributed by atoms with van der Waals surface area (Å²) >= 11 is 0. The van der Waals surface area contributed by atoms with Crippen LogP contribution in [0.2, 0.25) is 0 Å². The molecular weight excluding hydrogens is 258 g/mol. The maximum atomic E-state index is 11.9. The van der Waals surface area contributed by atoms with Gasteiger partial charge in [0.05, 0.1) is 12.2 Å². The van der Waals surface area contributed by atoms with E-state index in [9.17, 15) is 15.0 Å². The van der Waals surface area contributed by atoms with Gasteiger partial charge in [0.25, 0.3) is 5.91 Å². The van der Waals surface area contributed by atoms with Gasteiger partial charge >= 0.3 is 0 Å². The largest absolute Gasteiger partial charge is 0.484 e. The third-order valence-corrected chi connectivity index (χ3v) is 3.52. The van der Waals surface area contributed by atoms with Gasteiger partial charge in [-0.05, 0) is 23.6 Å². The van der Waals surface area contributed by atoms with Crippen LogP contribution in [-0.2, 0) is 4.79 Å². The number of carbonyl (C=O) groups excluding carboxylic acids is 1. The molecule has 0 radical (unpaired) electrons. The first-order valence-electron chi connectivity index (χ1n) is 6.84. The van der Waals surface area contributed by atoms with Crippen LogP contribution in [0.1, 0.15) is 25.3 Å². The van der Waals surface area contributed by atoms with Gasteiger partial charge in [0.1, 0.15) is 5.75 Å². The van der Waals surface area contributed by atoms with Crippen LogP contribution in [0.15, 0.2) is 24.3 Å². The zero-order chi connectivity index (χ0) is 14.7. The van der Waals surface area contributed by atoms with Crippen LogP contribution >= 0.6 is 0 Å². The number of rotatable bonds is 4. The lowest BCUT2D eigenvalue weighted by Crippen LogP contribution is -2.33. The Hall–Kier alpha value is -1.59. The van der Waals surface area contributed by atoms with Crippen molar-refractivity contribution in [1.29, 1.82) is 0 Å². The number of aliphatic hydroxyl groups is 2. The minimum absolute atomic E-state index is 0.0829. The molecule has 0 saturated carbocycles. The molecule has 5 nitrogen and oxygen atoms in total. The monoisotopic (exact) mass is 279 g/mol. The zero-order valence-electron chi connectivity index (χ0n) is 11.8. The molecule has 5 heteroatoms. The Kier molecular flexibility index (Phi) is 4.62. The minimum atomic E-state index is -0.857. The molecule has 1 saturated heterocycles. The van der Waals surface area contributed by atoms with Crippen molar-refractivity contribution in [3.63, 3.8) is 0 Å². The molecule has 0 aromatic heterocycles. The highest BCUT2D eigenvalue weighted by molar-refractivity contribution is 5.78. The fourth-order valence-corrected chi connectivity index (χ4v) is 2.16. The van der Waals surface area contributed by atoms with E-state index in [0.29, 0.717) is 11.7 Å². The third kappa shape index (κ3) is 3.49. The van der Waals surface area contributed by atoms with Gasteiger partial charge in [0, 0.05) is 13.1 Å². The van der Waals surface area contributed by atoms with Crippen LogP contribution in [0.5, 0.6) is 5.75 Å². The molecule has 1 aromatic carbocycles. The van der Waals surface area contributed by atoms with Crippen molar-refractivity contribution >= 4 is 5.91 Å². The molecule has 110 valence electrons. The van der Waals surface area contributed by atoms with Crippen molar-refractivity contribution in [2.45, 2.75) is 32.0 Å². The number of benzene rings is 1. The van der Waals surface area contributed by atoms with Crippen LogP contribution in [0.25, 0.3) is 0 Å². The van der Waals surface area contributed by atoms with E-state index < -0.39 is 12.2 Å². The second-order valence-corrected chi connectivity index (χ2v) is 5.45. The van der Waals surface area contributed by atoms with Crippen molar-refractivity contribution in [3.8, 4) is 5.75 Å². The predicted octanol–water partition coefficient (Wildman–Crippen LogP) is 0.753. The summed E-state index contributed by atoms with van der Waals surface area (Å²) in [5.74, 6) is 0.870. The van der Waals surface area contributed by atoms with E-state index in [1.807, 2.05) is 24.3 Å². The minimum Gasteiger partial charge on any atom is -0.484 e. The predicted molar refractivity (Wildman–Crippen MR) is 74.6 cm³/mol. The number of aliphatic hydroxyl groups excluding tert-OH is 2. The molecule has 1 aliphatic heterocycles. The summed E-state index contributed by atoms with van der Waals surface area (Å²) in [6, 6.07) is 7.65. The molecule has 0 spiro atoms. The third-order valence-electron chi connectivity index (χ3n) is 3.52. The summed E-state index contributed by atoms with van der Waals surface area (Å²) in [5.41, 5.74) is 1.22. The highest BCUT2D eigenvalue weighted by atomic mass is 16.5. The Morgan fingerprint density at radius 1 is 1.25 bits per heavy atom. The lowest BCUT2D eigenvalue weighted by Gasteiger charge is -2.16. The standard InChI is InChI=1S/C15H21NO4/c1-10(2)11-3-5-12(6-4-11)20-9-15(19)16-7-13(17)14(18)8-16/h3-6,10,13-14,17-18H,7-9H2,1-2H3. The summed E-state index contributed by atoms with van der Waals surface area (Å²) < 4.78 is 5.43. The van der Waals surface area contributed by atoms with Gasteiger partial charge in [-0.3, -0.25) is 4.79 Å². The molecule has 1 aliphatic rings. The number of likely N-dealkylation sites (tertiary alicyclic amines) is 1. The first-order chi connectivity index (χ1) is 9.47. The Morgan fingerprint density at radius 2 is 1.80 bits per heavy atom. The van der Waals surface area contributed by atoms with Crippen molar-refractivity contribution in [2.24, 2.45) is 0 Å². The van der Waals surface area contributed by atoms with Gasteiger partial charge < -0.3 is 19.8 Å². The summed E-state index contributed by atoms with van der Waals surface area (Å²) in [6.45, 7) is 4.47. The van der Waals surface area contributed by atoms with Gasteiger partial charge in [-0.1, -0.05) is 26.0 Å². The normalized spacial score (nSPS) is 22.4. The number of β-amino-alcohol motifs (C(OH)–C–C–N with tert-alkyl or cyclic N) is 2. The van der Waals surface area contributed by atoms with E-state index in [1.165, 1.54) is 10.5 Å². The molecule has 2 atom stereocenters. The Bertz CT molecular complexity index is 447. The van der Waals surface area contributed by atoms with E-state index >= 15 is 0 Å².